The van der Waals surface area contributed by atoms with Crippen LogP contribution in [-0.4, -0.2) is 41.3 Å². The Bertz CT molecular complexity index is 1400. The average molecular weight is 412 g/mol. The second kappa shape index (κ2) is 6.76. The molecule has 5 aromatic rings. The summed E-state index contributed by atoms with van der Waals surface area (Å²) in [5.74, 6) is 0.457. The van der Waals surface area contributed by atoms with Gasteiger partial charge in [-0.25, -0.2) is 9.50 Å². The van der Waals surface area contributed by atoms with Gasteiger partial charge in [0, 0.05) is 36.2 Å². The van der Waals surface area contributed by atoms with Crippen LogP contribution in [0.1, 0.15) is 34.5 Å². The number of H-pyrrole nitrogens is 1. The summed E-state index contributed by atoms with van der Waals surface area (Å²) in [6, 6.07) is 12.3. The molecule has 0 amide bonds. The molecule has 0 spiro atoms. The molecule has 0 bridgehead atoms. The molecule has 0 saturated carbocycles. The number of aromatic nitrogens is 7. The van der Waals surface area contributed by atoms with Gasteiger partial charge < -0.3 is 14.3 Å². The monoisotopic (exact) mass is 412 g/mol. The van der Waals surface area contributed by atoms with Gasteiger partial charge in [-0.05, 0) is 44.2 Å². The van der Waals surface area contributed by atoms with Crippen molar-refractivity contribution in [2.75, 3.05) is 11.4 Å². The molecule has 1 atom stereocenters. The van der Waals surface area contributed by atoms with E-state index in [0.29, 0.717) is 18.5 Å². The maximum atomic E-state index is 6.12. The van der Waals surface area contributed by atoms with Crippen LogP contribution in [0.3, 0.4) is 0 Å². The number of nitrogens with zero attached hydrogens (tertiary/aromatic N) is 7. The van der Waals surface area contributed by atoms with Crippen molar-refractivity contribution in [1.82, 2.24) is 34.8 Å². The molecule has 154 valence electrons. The quantitative estimate of drug-likeness (QED) is 0.485. The van der Waals surface area contributed by atoms with Crippen LogP contribution in [0.15, 0.2) is 53.3 Å². The van der Waals surface area contributed by atoms with Crippen molar-refractivity contribution >= 4 is 11.5 Å². The van der Waals surface area contributed by atoms with Crippen LogP contribution in [0.4, 0.5) is 6.01 Å². The Morgan fingerprint density at radius 1 is 1.10 bits per heavy atom. The van der Waals surface area contributed by atoms with E-state index < -0.39 is 0 Å². The normalized spacial score (nSPS) is 16.1. The first-order chi connectivity index (χ1) is 15.2. The molecule has 1 N–H and O–H groups in total. The van der Waals surface area contributed by atoms with Crippen molar-refractivity contribution in [3.05, 3.63) is 77.4 Å². The minimum atomic E-state index is -0.224. The molecule has 9 nitrogen and oxygen atoms in total. The number of rotatable bonds is 3. The number of aromatic amines is 1. The maximum absolute atomic E-state index is 6.12. The van der Waals surface area contributed by atoms with Crippen LogP contribution in [0.5, 0.6) is 0 Å². The van der Waals surface area contributed by atoms with E-state index in [-0.39, 0.29) is 6.04 Å². The van der Waals surface area contributed by atoms with Crippen LogP contribution < -0.4 is 4.90 Å². The molecule has 6 rings (SSSR count). The van der Waals surface area contributed by atoms with E-state index in [4.69, 9.17) is 9.52 Å². The predicted molar refractivity (Wildman–Crippen MR) is 114 cm³/mol. The molecule has 1 aliphatic rings. The van der Waals surface area contributed by atoms with Crippen LogP contribution in [0, 0.1) is 13.8 Å². The van der Waals surface area contributed by atoms with Gasteiger partial charge in [-0.3, -0.25) is 4.98 Å². The highest BCUT2D eigenvalue weighted by molar-refractivity contribution is 5.57. The van der Waals surface area contributed by atoms with Crippen molar-refractivity contribution < 1.29 is 4.42 Å². The molecule has 0 aliphatic carbocycles. The van der Waals surface area contributed by atoms with E-state index >= 15 is 0 Å². The minimum absolute atomic E-state index is 0.224. The highest BCUT2D eigenvalue weighted by atomic mass is 16.4. The zero-order valence-corrected chi connectivity index (χ0v) is 17.1. The van der Waals surface area contributed by atoms with Crippen LogP contribution >= 0.6 is 0 Å². The number of imidazole rings is 1. The van der Waals surface area contributed by atoms with Crippen molar-refractivity contribution in [1.29, 1.82) is 0 Å². The minimum Gasteiger partial charge on any atom is -0.403 e. The molecule has 31 heavy (non-hydrogen) atoms. The topological polar surface area (TPSA) is 101 Å². The SMILES string of the molecule is Cc1ncccc1-c1nnc(N2CCc3[nH]cnc3C2c2cc3cccc(C)n3n2)o1. The molecule has 1 aliphatic heterocycles. The van der Waals surface area contributed by atoms with Crippen molar-refractivity contribution in [2.45, 2.75) is 26.3 Å². The number of fused-ring (bicyclic) bond motifs is 2. The summed E-state index contributed by atoms with van der Waals surface area (Å²) in [6.07, 6.45) is 4.30. The molecule has 0 saturated heterocycles. The third kappa shape index (κ3) is 2.81. The number of aryl methyl sites for hydroxylation is 2. The largest absolute Gasteiger partial charge is 0.403 e. The molecule has 0 radical (unpaired) electrons. The summed E-state index contributed by atoms with van der Waals surface area (Å²) in [5, 5.41) is 13.6. The molecule has 5 aromatic heterocycles. The van der Waals surface area contributed by atoms with Gasteiger partial charge in [0.1, 0.15) is 6.04 Å². The lowest BCUT2D eigenvalue weighted by atomic mass is 10.0. The van der Waals surface area contributed by atoms with Gasteiger partial charge in [0.05, 0.1) is 28.8 Å². The van der Waals surface area contributed by atoms with Gasteiger partial charge >= 0.3 is 6.01 Å². The second-order valence-electron chi connectivity index (χ2n) is 7.71. The van der Waals surface area contributed by atoms with Gasteiger partial charge in [0.25, 0.3) is 5.89 Å². The Kier molecular flexibility index (Phi) is 3.89. The first-order valence-corrected chi connectivity index (χ1v) is 10.2. The zero-order chi connectivity index (χ0) is 20.9. The Balaban J connectivity index is 1.46. The standard InChI is InChI=1S/C22H20N8O/c1-13-5-3-6-15-11-18(28-30(13)15)20-19-17(24-12-25-19)8-10-29(20)22-27-26-21(31-22)16-7-4-9-23-14(16)2/h3-7,9,11-12,20H,8,10H2,1-2H3,(H,24,25). The lowest BCUT2D eigenvalue weighted by molar-refractivity contribution is 0.503. The number of anilines is 1. The fourth-order valence-electron chi connectivity index (χ4n) is 4.24. The third-order valence-corrected chi connectivity index (χ3v) is 5.80. The predicted octanol–water partition coefficient (Wildman–Crippen LogP) is 3.27. The van der Waals surface area contributed by atoms with Gasteiger partial charge in [-0.1, -0.05) is 11.2 Å². The Morgan fingerprint density at radius 3 is 2.90 bits per heavy atom. The summed E-state index contributed by atoms with van der Waals surface area (Å²) in [4.78, 5) is 14.3. The number of pyridine rings is 2. The Morgan fingerprint density at radius 2 is 2.03 bits per heavy atom. The number of hydrogen-bond acceptors (Lipinski definition) is 7. The lowest BCUT2D eigenvalue weighted by Crippen LogP contribution is -2.37. The molecule has 6 heterocycles. The van der Waals surface area contributed by atoms with Gasteiger partial charge in [0.2, 0.25) is 0 Å². The zero-order valence-electron chi connectivity index (χ0n) is 17.1. The van der Waals surface area contributed by atoms with E-state index in [1.54, 1.807) is 12.5 Å². The Labute approximate surface area is 177 Å². The van der Waals surface area contributed by atoms with Gasteiger partial charge in [0.15, 0.2) is 0 Å². The van der Waals surface area contributed by atoms with E-state index in [9.17, 15) is 0 Å². The summed E-state index contributed by atoms with van der Waals surface area (Å²) >= 11 is 0. The second-order valence-corrected chi connectivity index (χ2v) is 7.71. The lowest BCUT2D eigenvalue weighted by Gasteiger charge is -2.32. The van der Waals surface area contributed by atoms with Gasteiger partial charge in [-0.2, -0.15) is 5.10 Å². The van der Waals surface area contributed by atoms with E-state index in [1.165, 1.54) is 0 Å². The maximum Gasteiger partial charge on any atom is 0.319 e. The first kappa shape index (κ1) is 17.8. The highest BCUT2D eigenvalue weighted by Crippen LogP contribution is 2.37. The van der Waals surface area contributed by atoms with E-state index in [0.717, 1.165) is 46.0 Å². The highest BCUT2D eigenvalue weighted by Gasteiger charge is 2.36. The number of nitrogens with one attached hydrogen (secondary N) is 1. The van der Waals surface area contributed by atoms with Crippen LogP contribution in [-0.2, 0) is 6.42 Å². The van der Waals surface area contributed by atoms with E-state index in [2.05, 4.69) is 42.2 Å². The van der Waals surface area contributed by atoms with Crippen molar-refractivity contribution in [2.24, 2.45) is 0 Å². The molecule has 1 unspecified atom stereocenters. The molecule has 9 heteroatoms. The van der Waals surface area contributed by atoms with E-state index in [1.807, 2.05) is 42.6 Å². The van der Waals surface area contributed by atoms with Crippen molar-refractivity contribution in [3.63, 3.8) is 0 Å². The molecule has 0 aromatic carbocycles. The van der Waals surface area contributed by atoms with Crippen molar-refractivity contribution in [3.8, 4) is 11.5 Å². The first-order valence-electron chi connectivity index (χ1n) is 10.2. The van der Waals surface area contributed by atoms with Crippen LogP contribution in [0.2, 0.25) is 0 Å². The molecular formula is C22H20N8O. The average Bonchev–Trinajstić information content (AvgIpc) is 3.52. The Hall–Kier alpha value is -4.01. The van der Waals surface area contributed by atoms with Crippen LogP contribution in [0.25, 0.3) is 17.0 Å². The summed E-state index contributed by atoms with van der Waals surface area (Å²) in [7, 11) is 0. The van der Waals surface area contributed by atoms with Gasteiger partial charge in [-0.15, -0.1) is 5.10 Å². The molecule has 0 fully saturated rings. The number of hydrogen-bond donors (Lipinski definition) is 1. The summed E-state index contributed by atoms with van der Waals surface area (Å²) < 4.78 is 8.07. The summed E-state index contributed by atoms with van der Waals surface area (Å²) in [5.41, 5.74) is 6.72. The molecular weight excluding hydrogens is 392 g/mol. The smallest absolute Gasteiger partial charge is 0.319 e. The third-order valence-electron chi connectivity index (χ3n) is 5.80. The summed E-state index contributed by atoms with van der Waals surface area (Å²) in [6.45, 7) is 4.68. The fourth-order valence-corrected chi connectivity index (χ4v) is 4.24. The fraction of sp³-hybridized carbons (Fsp3) is 0.227.